The smallest absolute Gasteiger partial charge is 0.262 e. The number of thioether (sulfide) groups is 1. The van der Waals surface area contributed by atoms with Crippen LogP contribution in [0, 0.1) is 0 Å². The molecule has 0 saturated carbocycles. The van der Waals surface area contributed by atoms with Crippen LogP contribution in [0.15, 0.2) is 34.2 Å². The molecular formula is C16H21N3O2S. The molecule has 2 N–H and O–H groups in total. The van der Waals surface area contributed by atoms with E-state index in [-0.39, 0.29) is 11.3 Å². The van der Waals surface area contributed by atoms with Gasteiger partial charge in [0.1, 0.15) is 0 Å². The molecule has 0 saturated heterocycles. The molecule has 0 radical (unpaired) electrons. The Hall–Kier alpha value is -1.82. The van der Waals surface area contributed by atoms with Crippen molar-refractivity contribution in [2.24, 2.45) is 5.73 Å². The lowest BCUT2D eigenvalue weighted by atomic mass is 10.2. The molecule has 0 spiro atoms. The summed E-state index contributed by atoms with van der Waals surface area (Å²) in [6.07, 6.45) is 4.31. The summed E-state index contributed by atoms with van der Waals surface area (Å²) >= 11 is 1.23. The molecule has 1 heterocycles. The number of hydrogen-bond acceptors (Lipinski definition) is 4. The fourth-order valence-corrected chi connectivity index (χ4v) is 3.05. The van der Waals surface area contributed by atoms with Crippen molar-refractivity contribution in [1.82, 2.24) is 9.55 Å². The van der Waals surface area contributed by atoms with E-state index in [1.54, 1.807) is 10.6 Å². The van der Waals surface area contributed by atoms with Crippen LogP contribution in [0.1, 0.15) is 32.6 Å². The Morgan fingerprint density at radius 3 is 2.77 bits per heavy atom. The number of fused-ring (bicyclic) bond motifs is 1. The Morgan fingerprint density at radius 1 is 1.27 bits per heavy atom. The number of carbonyl (C=O) groups excluding carboxylic acids is 1. The molecule has 0 aliphatic carbocycles. The summed E-state index contributed by atoms with van der Waals surface area (Å²) in [6.45, 7) is 2.77. The fourth-order valence-electron chi connectivity index (χ4n) is 2.29. The highest BCUT2D eigenvalue weighted by Crippen LogP contribution is 2.18. The van der Waals surface area contributed by atoms with Gasteiger partial charge in [-0.1, -0.05) is 50.1 Å². The van der Waals surface area contributed by atoms with E-state index in [9.17, 15) is 9.59 Å². The number of hydrogen-bond donors (Lipinski definition) is 1. The predicted molar refractivity (Wildman–Crippen MR) is 90.1 cm³/mol. The summed E-state index contributed by atoms with van der Waals surface area (Å²) in [5.74, 6) is -0.287. The first-order valence-electron chi connectivity index (χ1n) is 7.54. The molecule has 6 heteroatoms. The Bertz CT molecular complexity index is 712. The Morgan fingerprint density at radius 2 is 2.05 bits per heavy atom. The summed E-state index contributed by atoms with van der Waals surface area (Å²) in [6, 6.07) is 7.29. The number of nitrogens with two attached hydrogens (primary N) is 1. The van der Waals surface area contributed by atoms with Crippen molar-refractivity contribution in [1.29, 1.82) is 0 Å². The number of para-hydroxylation sites is 1. The zero-order valence-electron chi connectivity index (χ0n) is 12.7. The molecule has 118 valence electrons. The molecule has 0 aliphatic heterocycles. The Labute approximate surface area is 133 Å². The van der Waals surface area contributed by atoms with E-state index in [0.717, 1.165) is 25.7 Å². The van der Waals surface area contributed by atoms with Gasteiger partial charge in [-0.3, -0.25) is 14.2 Å². The first kappa shape index (κ1) is 16.5. The van der Waals surface area contributed by atoms with Gasteiger partial charge in [0.15, 0.2) is 5.16 Å². The maximum atomic E-state index is 12.7. The van der Waals surface area contributed by atoms with Crippen LogP contribution in [0.2, 0.25) is 0 Å². The lowest BCUT2D eigenvalue weighted by molar-refractivity contribution is -0.115. The Balaban J connectivity index is 2.35. The van der Waals surface area contributed by atoms with Crippen molar-refractivity contribution < 1.29 is 4.79 Å². The van der Waals surface area contributed by atoms with E-state index in [0.29, 0.717) is 22.6 Å². The minimum absolute atomic E-state index is 0.0472. The van der Waals surface area contributed by atoms with Gasteiger partial charge in [-0.15, -0.1) is 0 Å². The van der Waals surface area contributed by atoms with Crippen LogP contribution < -0.4 is 11.3 Å². The van der Waals surface area contributed by atoms with Gasteiger partial charge in [0.05, 0.1) is 16.7 Å². The molecule has 1 aromatic heterocycles. The SMILES string of the molecule is CCCCCCn1c(SCC(N)=O)nc2ccccc2c1=O. The second kappa shape index (κ2) is 7.98. The Kier molecular flexibility index (Phi) is 6.00. The molecule has 0 aliphatic rings. The second-order valence-corrected chi connectivity index (χ2v) is 6.13. The number of carbonyl (C=O) groups is 1. The molecule has 0 fully saturated rings. The standard InChI is InChI=1S/C16H21N3O2S/c1-2-3-4-7-10-19-15(21)12-8-5-6-9-13(12)18-16(19)22-11-14(17)20/h5-6,8-9H,2-4,7,10-11H2,1H3,(H2,17,20). The van der Waals surface area contributed by atoms with Gasteiger partial charge in [0, 0.05) is 6.54 Å². The highest BCUT2D eigenvalue weighted by atomic mass is 32.2. The zero-order valence-corrected chi connectivity index (χ0v) is 13.6. The van der Waals surface area contributed by atoms with Gasteiger partial charge in [0.25, 0.3) is 5.56 Å². The second-order valence-electron chi connectivity index (χ2n) is 5.18. The quantitative estimate of drug-likeness (QED) is 0.461. The van der Waals surface area contributed by atoms with E-state index in [1.165, 1.54) is 11.8 Å². The topological polar surface area (TPSA) is 78.0 Å². The molecule has 0 unspecified atom stereocenters. The highest BCUT2D eigenvalue weighted by molar-refractivity contribution is 7.99. The van der Waals surface area contributed by atoms with Crippen LogP contribution in [0.4, 0.5) is 0 Å². The minimum Gasteiger partial charge on any atom is -0.369 e. The monoisotopic (exact) mass is 319 g/mol. The molecule has 5 nitrogen and oxygen atoms in total. The summed E-state index contributed by atoms with van der Waals surface area (Å²) in [5.41, 5.74) is 5.82. The molecule has 2 aromatic rings. The summed E-state index contributed by atoms with van der Waals surface area (Å²) in [5, 5.41) is 1.18. The fraction of sp³-hybridized carbons (Fsp3) is 0.438. The van der Waals surface area contributed by atoms with E-state index < -0.39 is 5.91 Å². The van der Waals surface area contributed by atoms with Crippen molar-refractivity contribution in [2.45, 2.75) is 44.3 Å². The van der Waals surface area contributed by atoms with Gasteiger partial charge in [0.2, 0.25) is 5.91 Å². The van der Waals surface area contributed by atoms with Crippen LogP contribution in [0.25, 0.3) is 10.9 Å². The third kappa shape index (κ3) is 4.10. The maximum Gasteiger partial charge on any atom is 0.262 e. The molecule has 1 amide bonds. The lowest BCUT2D eigenvalue weighted by Gasteiger charge is -2.12. The van der Waals surface area contributed by atoms with Crippen molar-refractivity contribution in [3.05, 3.63) is 34.6 Å². The van der Waals surface area contributed by atoms with Crippen LogP contribution >= 0.6 is 11.8 Å². The highest BCUT2D eigenvalue weighted by Gasteiger charge is 2.12. The largest absolute Gasteiger partial charge is 0.369 e. The maximum absolute atomic E-state index is 12.7. The minimum atomic E-state index is -0.412. The van der Waals surface area contributed by atoms with Crippen LogP contribution in [-0.4, -0.2) is 21.2 Å². The average Bonchev–Trinajstić information content (AvgIpc) is 2.51. The van der Waals surface area contributed by atoms with Crippen LogP contribution in [-0.2, 0) is 11.3 Å². The number of aromatic nitrogens is 2. The first-order chi connectivity index (χ1) is 10.6. The van der Waals surface area contributed by atoms with E-state index >= 15 is 0 Å². The molecule has 0 bridgehead atoms. The molecule has 22 heavy (non-hydrogen) atoms. The van der Waals surface area contributed by atoms with Gasteiger partial charge >= 0.3 is 0 Å². The molecule has 2 rings (SSSR count). The number of primary amides is 1. The lowest BCUT2D eigenvalue weighted by Crippen LogP contribution is -2.24. The van der Waals surface area contributed by atoms with Crippen LogP contribution in [0.3, 0.4) is 0 Å². The average molecular weight is 319 g/mol. The number of rotatable bonds is 8. The van der Waals surface area contributed by atoms with Crippen molar-refractivity contribution in [2.75, 3.05) is 5.75 Å². The summed E-state index contributed by atoms with van der Waals surface area (Å²) in [4.78, 5) is 28.2. The van der Waals surface area contributed by atoms with Crippen molar-refractivity contribution in [3.63, 3.8) is 0 Å². The number of amides is 1. The van der Waals surface area contributed by atoms with Gasteiger partial charge in [-0.05, 0) is 18.6 Å². The molecule has 1 aromatic carbocycles. The third-order valence-corrected chi connectivity index (χ3v) is 4.40. The van der Waals surface area contributed by atoms with E-state index in [4.69, 9.17) is 5.73 Å². The summed E-state index contributed by atoms with van der Waals surface area (Å²) in [7, 11) is 0. The number of nitrogens with zero attached hydrogens (tertiary/aromatic N) is 2. The van der Waals surface area contributed by atoms with Crippen LogP contribution in [0.5, 0.6) is 0 Å². The predicted octanol–water partition coefficient (Wildman–Crippen LogP) is 2.55. The van der Waals surface area contributed by atoms with Gasteiger partial charge in [-0.25, -0.2) is 4.98 Å². The first-order valence-corrected chi connectivity index (χ1v) is 8.52. The van der Waals surface area contributed by atoms with Crippen molar-refractivity contribution >= 4 is 28.6 Å². The number of benzene rings is 1. The van der Waals surface area contributed by atoms with Gasteiger partial charge < -0.3 is 5.73 Å². The zero-order chi connectivity index (χ0) is 15.9. The molecule has 0 atom stereocenters. The normalized spacial score (nSPS) is 11.0. The molecular weight excluding hydrogens is 298 g/mol. The number of unbranched alkanes of at least 4 members (excludes halogenated alkanes) is 3. The van der Waals surface area contributed by atoms with E-state index in [2.05, 4.69) is 11.9 Å². The third-order valence-electron chi connectivity index (χ3n) is 3.41. The van der Waals surface area contributed by atoms with Crippen molar-refractivity contribution in [3.8, 4) is 0 Å². The summed E-state index contributed by atoms with van der Waals surface area (Å²) < 4.78 is 1.67. The van der Waals surface area contributed by atoms with E-state index in [1.807, 2.05) is 18.2 Å². The van der Waals surface area contributed by atoms with Gasteiger partial charge in [-0.2, -0.15) is 0 Å².